The number of aromatic amines is 1. The summed E-state index contributed by atoms with van der Waals surface area (Å²) in [4.78, 5) is 8.72. The van der Waals surface area contributed by atoms with Crippen molar-refractivity contribution in [3.8, 4) is 11.5 Å². The van der Waals surface area contributed by atoms with Crippen molar-refractivity contribution in [3.63, 3.8) is 0 Å². The second kappa shape index (κ2) is 10.2. The summed E-state index contributed by atoms with van der Waals surface area (Å²) >= 11 is 0. The van der Waals surface area contributed by atoms with Crippen molar-refractivity contribution >= 4 is 30.0 Å². The minimum Gasteiger partial charge on any atom is -0.496 e. The van der Waals surface area contributed by atoms with Gasteiger partial charge in [0.2, 0.25) is 0 Å². The van der Waals surface area contributed by atoms with Crippen LogP contribution in [0.2, 0.25) is 0 Å². The van der Waals surface area contributed by atoms with Gasteiger partial charge in [-0.15, -0.1) is 0 Å². The van der Waals surface area contributed by atoms with Crippen molar-refractivity contribution in [1.29, 1.82) is 0 Å². The number of rotatable bonds is 8. The number of pyridine rings is 1. The third-order valence-electron chi connectivity index (χ3n) is 4.69. The second-order valence-corrected chi connectivity index (χ2v) is 6.93. The molecular weight excluding hydrogens is 388 g/mol. The smallest absolute Gasteiger partial charge is 0.130 e. The van der Waals surface area contributed by atoms with Crippen molar-refractivity contribution in [2.75, 3.05) is 20.3 Å². The molecule has 1 aliphatic heterocycles. The predicted molar refractivity (Wildman–Crippen MR) is 125 cm³/mol. The van der Waals surface area contributed by atoms with Crippen molar-refractivity contribution in [1.82, 2.24) is 15.2 Å². The van der Waals surface area contributed by atoms with Crippen molar-refractivity contribution in [2.45, 2.75) is 6.42 Å². The summed E-state index contributed by atoms with van der Waals surface area (Å²) in [6.07, 6.45) is 14.7. The molecule has 0 fully saturated rings. The average Bonchev–Trinajstić information content (AvgIpc) is 3.29. The van der Waals surface area contributed by atoms with Crippen LogP contribution < -0.4 is 9.47 Å². The molecule has 0 unspecified atom stereocenters. The van der Waals surface area contributed by atoms with Crippen LogP contribution in [0.5, 0.6) is 11.5 Å². The molecule has 31 heavy (non-hydrogen) atoms. The van der Waals surface area contributed by atoms with Crippen LogP contribution in [0.15, 0.2) is 65.8 Å². The van der Waals surface area contributed by atoms with Crippen LogP contribution in [0.25, 0.3) is 24.3 Å². The normalized spacial score (nSPS) is 13.6. The quantitative estimate of drug-likeness (QED) is 0.569. The first-order valence-corrected chi connectivity index (χ1v) is 10.1. The Kier molecular flexibility index (Phi) is 6.70. The molecule has 0 amide bonds. The summed E-state index contributed by atoms with van der Waals surface area (Å²) in [5.41, 5.74) is 4.53. The Morgan fingerprint density at radius 2 is 1.97 bits per heavy atom. The first-order valence-electron chi connectivity index (χ1n) is 10.1. The molecule has 4 rings (SSSR count). The van der Waals surface area contributed by atoms with Gasteiger partial charge in [0.25, 0.3) is 0 Å². The van der Waals surface area contributed by atoms with Gasteiger partial charge in [-0.3, -0.25) is 15.1 Å². The van der Waals surface area contributed by atoms with Gasteiger partial charge in [-0.2, -0.15) is 5.10 Å². The Hall–Kier alpha value is -3.93. The summed E-state index contributed by atoms with van der Waals surface area (Å²) < 4.78 is 11.4. The highest BCUT2D eigenvalue weighted by Crippen LogP contribution is 2.26. The number of aromatic nitrogens is 3. The van der Waals surface area contributed by atoms with E-state index in [2.05, 4.69) is 26.2 Å². The van der Waals surface area contributed by atoms with E-state index >= 15 is 0 Å². The van der Waals surface area contributed by atoms with Crippen molar-refractivity contribution < 1.29 is 9.47 Å². The summed E-state index contributed by atoms with van der Waals surface area (Å²) in [7, 11) is 1.65. The Morgan fingerprint density at radius 3 is 2.77 bits per heavy atom. The second-order valence-electron chi connectivity index (χ2n) is 6.93. The van der Waals surface area contributed by atoms with E-state index in [9.17, 15) is 0 Å². The zero-order valence-electron chi connectivity index (χ0n) is 17.4. The van der Waals surface area contributed by atoms with Gasteiger partial charge in [0.1, 0.15) is 18.1 Å². The molecule has 3 aromatic rings. The molecule has 1 aromatic carbocycles. The standard InChI is InChI=1S/C25H24N4O2/c1-30-25-17-24(31-18-23-7-3-5-15-27-23)13-9-19(25)8-10-21-16-22(29-28-21)12-11-20-6-2-4-14-26-20/h2-4,6-14,16-17H,5,15,18H2,1H3,(H,28,29)/b10-8+,12-11+. The largest absolute Gasteiger partial charge is 0.496 e. The molecular formula is C25H24N4O2. The van der Waals surface area contributed by atoms with E-state index in [0.29, 0.717) is 6.61 Å². The van der Waals surface area contributed by atoms with Crippen LogP contribution >= 0.6 is 0 Å². The van der Waals surface area contributed by atoms with Gasteiger partial charge in [0.15, 0.2) is 0 Å². The molecule has 0 radical (unpaired) electrons. The lowest BCUT2D eigenvalue weighted by Gasteiger charge is -2.11. The van der Waals surface area contributed by atoms with Gasteiger partial charge in [-0.05, 0) is 67.1 Å². The van der Waals surface area contributed by atoms with Gasteiger partial charge in [-0.25, -0.2) is 0 Å². The maximum absolute atomic E-state index is 5.86. The van der Waals surface area contributed by atoms with E-state index in [1.165, 1.54) is 0 Å². The van der Waals surface area contributed by atoms with Crippen LogP contribution in [-0.2, 0) is 0 Å². The molecule has 0 saturated heterocycles. The van der Waals surface area contributed by atoms with E-state index in [0.717, 1.165) is 52.8 Å². The van der Waals surface area contributed by atoms with Crippen LogP contribution in [0, 0.1) is 0 Å². The molecule has 0 atom stereocenters. The molecule has 1 N–H and O–H groups in total. The summed E-state index contributed by atoms with van der Waals surface area (Å²) in [5, 5.41) is 7.34. The fourth-order valence-corrected chi connectivity index (χ4v) is 3.07. The fourth-order valence-electron chi connectivity index (χ4n) is 3.07. The molecule has 1 aliphatic rings. The Labute approximate surface area is 181 Å². The molecule has 0 aliphatic carbocycles. The van der Waals surface area contributed by atoms with Crippen LogP contribution in [0.1, 0.15) is 29.1 Å². The summed E-state index contributed by atoms with van der Waals surface area (Å²) in [6, 6.07) is 13.6. The van der Waals surface area contributed by atoms with Crippen LogP contribution in [-0.4, -0.2) is 41.2 Å². The van der Waals surface area contributed by atoms with E-state index in [1.54, 1.807) is 13.3 Å². The van der Waals surface area contributed by atoms with E-state index in [1.807, 2.05) is 72.8 Å². The van der Waals surface area contributed by atoms with Crippen LogP contribution in [0.4, 0.5) is 0 Å². The van der Waals surface area contributed by atoms with Crippen LogP contribution in [0.3, 0.4) is 0 Å². The minimum atomic E-state index is 0.455. The minimum absolute atomic E-state index is 0.455. The highest BCUT2D eigenvalue weighted by Gasteiger charge is 2.06. The number of aliphatic imine (C=N–C) groups is 1. The third-order valence-corrected chi connectivity index (χ3v) is 4.69. The Morgan fingerprint density at radius 1 is 1.03 bits per heavy atom. The van der Waals surface area contributed by atoms with Gasteiger partial charge < -0.3 is 9.47 Å². The van der Waals surface area contributed by atoms with Crippen molar-refractivity contribution in [3.05, 3.63) is 83.5 Å². The van der Waals surface area contributed by atoms with Gasteiger partial charge >= 0.3 is 0 Å². The number of hydrogen-bond acceptors (Lipinski definition) is 5. The lowest BCUT2D eigenvalue weighted by molar-refractivity contribution is 0.368. The number of hydrogen-bond donors (Lipinski definition) is 1. The SMILES string of the molecule is COc1cc(OCC2=NCCC=C2)ccc1/C=C/c1cc(/C=C/c2ccccn2)[nH]n1. The molecule has 0 saturated carbocycles. The van der Waals surface area contributed by atoms with Gasteiger partial charge in [0, 0.05) is 24.4 Å². The number of ether oxygens (including phenoxy) is 2. The molecule has 0 spiro atoms. The summed E-state index contributed by atoms with van der Waals surface area (Å²) in [5.74, 6) is 1.48. The lowest BCUT2D eigenvalue weighted by Crippen LogP contribution is -2.11. The number of nitrogens with one attached hydrogen (secondary N) is 1. The monoisotopic (exact) mass is 412 g/mol. The highest BCUT2D eigenvalue weighted by molar-refractivity contribution is 5.96. The molecule has 0 bridgehead atoms. The molecule has 6 heteroatoms. The molecule has 3 heterocycles. The highest BCUT2D eigenvalue weighted by atomic mass is 16.5. The zero-order chi connectivity index (χ0) is 21.3. The first kappa shape index (κ1) is 20.3. The Bertz CT molecular complexity index is 1130. The van der Waals surface area contributed by atoms with Gasteiger partial charge in [0.05, 0.1) is 29.9 Å². The molecule has 2 aromatic heterocycles. The topological polar surface area (TPSA) is 72.4 Å². The zero-order valence-corrected chi connectivity index (χ0v) is 17.4. The summed E-state index contributed by atoms with van der Waals surface area (Å²) in [6.45, 7) is 1.28. The molecule has 156 valence electrons. The maximum Gasteiger partial charge on any atom is 0.130 e. The number of dihydropyridines is 1. The first-order chi connectivity index (χ1) is 15.3. The average molecular weight is 412 g/mol. The fraction of sp³-hybridized carbons (Fsp3) is 0.160. The lowest BCUT2D eigenvalue weighted by atomic mass is 10.1. The number of benzene rings is 1. The van der Waals surface area contributed by atoms with E-state index < -0.39 is 0 Å². The number of methoxy groups -OCH3 is 1. The maximum atomic E-state index is 5.86. The van der Waals surface area contributed by atoms with Crippen molar-refractivity contribution in [2.24, 2.45) is 4.99 Å². The van der Waals surface area contributed by atoms with Gasteiger partial charge in [-0.1, -0.05) is 12.1 Å². The Balaban J connectivity index is 1.40. The molecule has 6 nitrogen and oxygen atoms in total. The third kappa shape index (κ3) is 5.79. The van der Waals surface area contributed by atoms with E-state index in [-0.39, 0.29) is 0 Å². The van der Waals surface area contributed by atoms with E-state index in [4.69, 9.17) is 9.47 Å². The predicted octanol–water partition coefficient (Wildman–Crippen LogP) is 4.93. The number of H-pyrrole nitrogens is 1. The number of nitrogens with zero attached hydrogens (tertiary/aromatic N) is 3.